The molecule has 0 radical (unpaired) electrons. The molecule has 1 aromatic rings. The molecule has 1 amide bonds. The minimum absolute atomic E-state index is 0.00924. The summed E-state index contributed by atoms with van der Waals surface area (Å²) in [6.07, 6.45) is -2.49. The summed E-state index contributed by atoms with van der Waals surface area (Å²) in [5.41, 5.74) is 0.875. The molecule has 2 atom stereocenters. The van der Waals surface area contributed by atoms with E-state index < -0.39 is 18.4 Å². The minimum Gasteiger partial charge on any atom is -0.445 e. The van der Waals surface area contributed by atoms with Gasteiger partial charge in [-0.1, -0.05) is 30.3 Å². The molecule has 0 spiro atoms. The Morgan fingerprint density at radius 3 is 2.78 bits per heavy atom. The van der Waals surface area contributed by atoms with E-state index in [1.54, 1.807) is 0 Å². The SMILES string of the molecule is O=C(OCc1ccccc1)N1C[C@H](O)C[C@H](F)C1. The van der Waals surface area contributed by atoms with Gasteiger partial charge in [-0.2, -0.15) is 0 Å². The lowest BCUT2D eigenvalue weighted by Crippen LogP contribution is -2.47. The fraction of sp³-hybridized carbons (Fsp3) is 0.462. The van der Waals surface area contributed by atoms with Crippen LogP contribution < -0.4 is 0 Å². The topological polar surface area (TPSA) is 49.8 Å². The van der Waals surface area contributed by atoms with E-state index in [1.807, 2.05) is 30.3 Å². The van der Waals surface area contributed by atoms with Gasteiger partial charge in [-0.05, 0) is 5.56 Å². The maximum atomic E-state index is 13.2. The molecule has 1 saturated heterocycles. The smallest absolute Gasteiger partial charge is 0.410 e. The third-order valence-corrected chi connectivity index (χ3v) is 2.84. The van der Waals surface area contributed by atoms with E-state index in [1.165, 1.54) is 4.90 Å². The number of nitrogens with zero attached hydrogens (tertiary/aromatic N) is 1. The van der Waals surface area contributed by atoms with Crippen molar-refractivity contribution in [1.29, 1.82) is 0 Å². The Hall–Kier alpha value is -1.62. The summed E-state index contributed by atoms with van der Waals surface area (Å²) in [6.45, 7) is 0.280. The van der Waals surface area contributed by atoms with Gasteiger partial charge in [0.25, 0.3) is 0 Å². The predicted molar refractivity (Wildman–Crippen MR) is 63.7 cm³/mol. The highest BCUT2D eigenvalue weighted by molar-refractivity contribution is 5.67. The fourth-order valence-corrected chi connectivity index (χ4v) is 1.97. The van der Waals surface area contributed by atoms with Gasteiger partial charge in [0.15, 0.2) is 0 Å². The molecule has 18 heavy (non-hydrogen) atoms. The second-order valence-corrected chi connectivity index (χ2v) is 4.43. The lowest BCUT2D eigenvalue weighted by molar-refractivity contribution is 0.0161. The Balaban J connectivity index is 1.84. The number of likely N-dealkylation sites (tertiary alicyclic amines) is 1. The van der Waals surface area contributed by atoms with Crippen molar-refractivity contribution in [3.05, 3.63) is 35.9 Å². The van der Waals surface area contributed by atoms with Gasteiger partial charge in [0.05, 0.1) is 19.2 Å². The number of hydrogen-bond donors (Lipinski definition) is 1. The molecule has 1 N–H and O–H groups in total. The quantitative estimate of drug-likeness (QED) is 0.873. The highest BCUT2D eigenvalue weighted by Crippen LogP contribution is 2.15. The number of aliphatic hydroxyl groups excluding tert-OH is 1. The van der Waals surface area contributed by atoms with E-state index >= 15 is 0 Å². The van der Waals surface area contributed by atoms with Gasteiger partial charge in [0.1, 0.15) is 12.8 Å². The van der Waals surface area contributed by atoms with Crippen LogP contribution in [0.2, 0.25) is 0 Å². The number of halogens is 1. The molecule has 98 valence electrons. The number of alkyl halides is 1. The van der Waals surface area contributed by atoms with Crippen LogP contribution in [-0.2, 0) is 11.3 Å². The van der Waals surface area contributed by atoms with E-state index in [2.05, 4.69) is 0 Å². The van der Waals surface area contributed by atoms with E-state index in [0.29, 0.717) is 0 Å². The van der Waals surface area contributed by atoms with Crippen LogP contribution in [0, 0.1) is 0 Å². The predicted octanol–water partition coefficient (Wildman–Crippen LogP) is 1.73. The number of ether oxygens (including phenoxy) is 1. The van der Waals surface area contributed by atoms with Crippen molar-refractivity contribution in [1.82, 2.24) is 4.90 Å². The second kappa shape index (κ2) is 5.82. The third-order valence-electron chi connectivity index (χ3n) is 2.84. The van der Waals surface area contributed by atoms with Crippen molar-refractivity contribution in [2.75, 3.05) is 13.1 Å². The van der Waals surface area contributed by atoms with Crippen molar-refractivity contribution in [2.45, 2.75) is 25.3 Å². The first-order valence-corrected chi connectivity index (χ1v) is 5.93. The van der Waals surface area contributed by atoms with Crippen LogP contribution in [0.4, 0.5) is 9.18 Å². The number of benzene rings is 1. The van der Waals surface area contributed by atoms with Gasteiger partial charge in [-0.3, -0.25) is 0 Å². The number of β-amino-alcohol motifs (C(OH)–C–C–N with tert-alkyl or cyclic N) is 1. The summed E-state index contributed by atoms with van der Waals surface area (Å²) in [6, 6.07) is 9.27. The van der Waals surface area contributed by atoms with Gasteiger partial charge < -0.3 is 14.7 Å². The minimum atomic E-state index is -1.18. The molecule has 4 nitrogen and oxygen atoms in total. The second-order valence-electron chi connectivity index (χ2n) is 4.43. The molecular formula is C13H16FNO3. The lowest BCUT2D eigenvalue weighted by atomic mass is 10.1. The lowest BCUT2D eigenvalue weighted by Gasteiger charge is -2.31. The van der Waals surface area contributed by atoms with E-state index in [4.69, 9.17) is 4.74 Å². The normalized spacial score (nSPS) is 23.8. The molecule has 1 aliphatic heterocycles. The van der Waals surface area contributed by atoms with Crippen molar-refractivity contribution < 1.29 is 19.0 Å². The number of amides is 1. The van der Waals surface area contributed by atoms with E-state index in [9.17, 15) is 14.3 Å². The summed E-state index contributed by atoms with van der Waals surface area (Å²) in [5, 5.41) is 9.39. The molecular weight excluding hydrogens is 237 g/mol. The highest BCUT2D eigenvalue weighted by Gasteiger charge is 2.29. The van der Waals surface area contributed by atoms with Gasteiger partial charge in [0.2, 0.25) is 0 Å². The fourth-order valence-electron chi connectivity index (χ4n) is 1.97. The maximum Gasteiger partial charge on any atom is 0.410 e. The zero-order valence-electron chi connectivity index (χ0n) is 9.96. The Kier molecular flexibility index (Phi) is 4.15. The molecule has 5 heteroatoms. The summed E-state index contributed by atoms with van der Waals surface area (Å²) in [7, 11) is 0. The van der Waals surface area contributed by atoms with Crippen molar-refractivity contribution in [3.8, 4) is 0 Å². The number of carbonyl (C=O) groups excluding carboxylic acids is 1. The first kappa shape index (κ1) is 12.8. The van der Waals surface area contributed by atoms with E-state index in [-0.39, 0.29) is 26.1 Å². The van der Waals surface area contributed by atoms with Crippen LogP contribution >= 0.6 is 0 Å². The Morgan fingerprint density at radius 1 is 1.39 bits per heavy atom. The van der Waals surface area contributed by atoms with Crippen molar-refractivity contribution in [2.24, 2.45) is 0 Å². The standard InChI is InChI=1S/C13H16FNO3/c14-11-6-12(16)8-15(7-11)13(17)18-9-10-4-2-1-3-5-10/h1-5,11-12,16H,6-9H2/t11-,12+/m0/s1. The van der Waals surface area contributed by atoms with Crippen molar-refractivity contribution >= 4 is 6.09 Å². The Morgan fingerprint density at radius 2 is 2.11 bits per heavy atom. The summed E-state index contributed by atoms with van der Waals surface area (Å²) >= 11 is 0. The summed E-state index contributed by atoms with van der Waals surface area (Å²) in [5.74, 6) is 0. The largest absolute Gasteiger partial charge is 0.445 e. The molecule has 0 unspecified atom stereocenters. The van der Waals surface area contributed by atoms with Crippen LogP contribution in [-0.4, -0.2) is 41.5 Å². The molecule has 0 bridgehead atoms. The van der Waals surface area contributed by atoms with Crippen LogP contribution in [0.25, 0.3) is 0 Å². The van der Waals surface area contributed by atoms with E-state index in [0.717, 1.165) is 5.56 Å². The summed E-state index contributed by atoms with van der Waals surface area (Å²) < 4.78 is 18.3. The average Bonchev–Trinajstić information content (AvgIpc) is 2.36. The molecule has 0 aromatic heterocycles. The Bertz CT molecular complexity index is 388. The van der Waals surface area contributed by atoms with Crippen LogP contribution in [0.3, 0.4) is 0 Å². The number of rotatable bonds is 2. The zero-order chi connectivity index (χ0) is 13.0. The van der Waals surface area contributed by atoms with Crippen LogP contribution in [0.1, 0.15) is 12.0 Å². The number of hydrogen-bond acceptors (Lipinski definition) is 3. The molecule has 0 aliphatic carbocycles. The highest BCUT2D eigenvalue weighted by atomic mass is 19.1. The van der Waals surface area contributed by atoms with Gasteiger partial charge >= 0.3 is 6.09 Å². The zero-order valence-corrected chi connectivity index (χ0v) is 9.96. The van der Waals surface area contributed by atoms with Gasteiger partial charge in [-0.15, -0.1) is 0 Å². The van der Waals surface area contributed by atoms with Crippen molar-refractivity contribution in [3.63, 3.8) is 0 Å². The molecule has 1 aromatic carbocycles. The molecule has 1 heterocycles. The number of aliphatic hydroxyl groups is 1. The van der Waals surface area contributed by atoms with Gasteiger partial charge in [0, 0.05) is 6.42 Å². The van der Waals surface area contributed by atoms with Crippen LogP contribution in [0.15, 0.2) is 30.3 Å². The first-order valence-electron chi connectivity index (χ1n) is 5.93. The average molecular weight is 253 g/mol. The molecule has 0 saturated carbocycles. The Labute approximate surface area is 105 Å². The maximum absolute atomic E-state index is 13.2. The summed E-state index contributed by atoms with van der Waals surface area (Å²) in [4.78, 5) is 12.9. The molecule has 1 aliphatic rings. The number of carbonyl (C=O) groups is 1. The first-order chi connectivity index (χ1) is 8.65. The molecule has 1 fully saturated rings. The monoisotopic (exact) mass is 253 g/mol. The van der Waals surface area contributed by atoms with Gasteiger partial charge in [-0.25, -0.2) is 9.18 Å². The number of piperidine rings is 1. The van der Waals surface area contributed by atoms with Crippen LogP contribution in [0.5, 0.6) is 0 Å². The third kappa shape index (κ3) is 3.43. The molecule has 2 rings (SSSR count).